The number of aromatic amines is 1. The molecule has 0 aliphatic rings. The van der Waals surface area contributed by atoms with Gasteiger partial charge in [0.1, 0.15) is 5.82 Å². The molecule has 0 fully saturated rings. The van der Waals surface area contributed by atoms with Crippen LogP contribution in [0.1, 0.15) is 11.5 Å². The minimum Gasteiger partial charge on any atom is -0.412 e. The summed E-state index contributed by atoms with van der Waals surface area (Å²) in [5.74, 6) is 0.819. The highest BCUT2D eigenvalue weighted by atomic mass is 35.5. The smallest absolute Gasteiger partial charge is 0.200 e. The van der Waals surface area contributed by atoms with E-state index in [2.05, 4.69) is 15.3 Å². The number of halogens is 2. The summed E-state index contributed by atoms with van der Waals surface area (Å²) in [7, 11) is 0. The monoisotopic (exact) mass is 241 g/mol. The van der Waals surface area contributed by atoms with E-state index in [1.165, 1.54) is 0 Å². The highest BCUT2D eigenvalue weighted by Crippen LogP contribution is 2.15. The molecule has 0 bridgehead atoms. The highest BCUT2D eigenvalue weighted by molar-refractivity contribution is 5.85. The maximum absolute atomic E-state index is 5.70. The number of nitrogens with zero attached hydrogens (tertiary/aromatic N) is 3. The molecule has 0 aromatic carbocycles. The molecule has 0 aliphatic heterocycles. The van der Waals surface area contributed by atoms with Crippen LogP contribution in [0.25, 0.3) is 5.65 Å². The van der Waals surface area contributed by atoms with E-state index >= 15 is 0 Å². The van der Waals surface area contributed by atoms with Gasteiger partial charge in [0, 0.05) is 0 Å². The number of anilines is 1. The third-order valence-corrected chi connectivity index (χ3v) is 1.75. The van der Waals surface area contributed by atoms with Crippen LogP contribution in [-0.2, 0) is 0 Å². The fraction of sp³-hybridized carbons (Fsp3) is 0.333. The number of nitrogen functional groups attached to an aromatic ring is 1. The number of hydrogen-bond donors (Lipinski definition) is 2. The maximum Gasteiger partial charge on any atom is 0.200 e. The predicted octanol–water partition coefficient (Wildman–Crippen LogP) is 0.275. The molecule has 2 aromatic heterocycles. The van der Waals surface area contributed by atoms with E-state index in [1.807, 2.05) is 13.8 Å². The molecule has 0 radical (unpaired) electrons. The van der Waals surface area contributed by atoms with Crippen LogP contribution < -0.4 is 5.73 Å². The summed E-state index contributed by atoms with van der Waals surface area (Å²) in [6, 6.07) is 0. The van der Waals surface area contributed by atoms with Gasteiger partial charge in [0.05, 0.1) is 11.4 Å². The van der Waals surface area contributed by atoms with Crippen molar-refractivity contribution in [1.82, 2.24) is 19.8 Å². The van der Waals surface area contributed by atoms with Gasteiger partial charge in [-0.1, -0.05) is 0 Å². The Hall–Kier alpha value is -0.980. The molecule has 0 amide bonds. The Kier molecular flexibility index (Phi) is 5.58. The summed E-state index contributed by atoms with van der Waals surface area (Å²) < 4.78 is 1.77. The molecule has 0 saturated heterocycles. The van der Waals surface area contributed by atoms with Crippen molar-refractivity contribution in [2.75, 3.05) is 5.73 Å². The van der Waals surface area contributed by atoms with E-state index in [1.54, 1.807) is 4.52 Å². The van der Waals surface area contributed by atoms with Gasteiger partial charge in [-0.25, -0.2) is 4.52 Å². The summed E-state index contributed by atoms with van der Waals surface area (Å²) in [5.41, 5.74) is 8.01. The Morgan fingerprint density at radius 1 is 1.21 bits per heavy atom. The zero-order valence-corrected chi connectivity index (χ0v) is 9.37. The van der Waals surface area contributed by atoms with Gasteiger partial charge >= 0.3 is 0 Å². The first-order valence-electron chi connectivity index (χ1n) is 3.36. The molecule has 0 unspecified atom stereocenters. The Labute approximate surface area is 93.0 Å². The second-order valence-corrected chi connectivity index (χ2v) is 2.56. The molecule has 8 heteroatoms. The molecule has 2 aromatic rings. The van der Waals surface area contributed by atoms with Crippen molar-refractivity contribution in [3.05, 3.63) is 11.5 Å². The van der Waals surface area contributed by atoms with E-state index in [-0.39, 0.29) is 30.3 Å². The topological polar surface area (TPSA) is 104 Å². The Morgan fingerprint density at radius 3 is 2.29 bits per heavy atom. The van der Waals surface area contributed by atoms with E-state index in [9.17, 15) is 0 Å². The van der Waals surface area contributed by atoms with Crippen molar-refractivity contribution in [2.45, 2.75) is 13.8 Å². The number of H-pyrrole nitrogens is 1. The minimum atomic E-state index is 0. The van der Waals surface area contributed by atoms with Crippen molar-refractivity contribution < 1.29 is 5.48 Å². The second-order valence-electron chi connectivity index (χ2n) is 2.56. The van der Waals surface area contributed by atoms with Gasteiger partial charge < -0.3 is 11.2 Å². The van der Waals surface area contributed by atoms with E-state index in [0.717, 1.165) is 11.5 Å². The number of aryl methyl sites for hydroxylation is 2. The first-order chi connectivity index (χ1) is 5.20. The Bertz CT molecular complexity index is 409. The van der Waals surface area contributed by atoms with E-state index < -0.39 is 0 Å². The minimum absolute atomic E-state index is 0. The molecule has 0 aliphatic carbocycles. The summed E-state index contributed by atoms with van der Waals surface area (Å²) in [5, 5.41) is 10.8. The molecule has 82 valence electrons. The zero-order valence-electron chi connectivity index (χ0n) is 7.74. The van der Waals surface area contributed by atoms with Gasteiger partial charge in [0.25, 0.3) is 0 Å². The molecule has 2 heterocycles. The quantitative estimate of drug-likeness (QED) is 0.692. The van der Waals surface area contributed by atoms with Crippen molar-refractivity contribution in [2.24, 2.45) is 0 Å². The van der Waals surface area contributed by atoms with Crippen molar-refractivity contribution >= 4 is 36.1 Å². The van der Waals surface area contributed by atoms with E-state index in [0.29, 0.717) is 11.3 Å². The van der Waals surface area contributed by atoms with Crippen molar-refractivity contribution in [3.63, 3.8) is 0 Å². The Balaban J connectivity index is 0. The summed E-state index contributed by atoms with van der Waals surface area (Å²) >= 11 is 0. The highest BCUT2D eigenvalue weighted by Gasteiger charge is 2.08. The van der Waals surface area contributed by atoms with Gasteiger partial charge in [0.15, 0.2) is 0 Å². The second kappa shape index (κ2) is 5.04. The molecule has 0 atom stereocenters. The standard InChI is InChI=1S/C6H9N5.2ClH.H2O/c1-3-5(7)6-9-8-4(2)11(6)10-3;;;/h10H,7H2,1-2H3;2*1H;1H2. The van der Waals surface area contributed by atoms with Crippen LogP contribution in [0.2, 0.25) is 0 Å². The molecule has 14 heavy (non-hydrogen) atoms. The lowest BCUT2D eigenvalue weighted by Crippen LogP contribution is -1.87. The number of fused-ring (bicyclic) bond motifs is 1. The third-order valence-electron chi connectivity index (χ3n) is 1.75. The van der Waals surface area contributed by atoms with Crippen LogP contribution in [0.3, 0.4) is 0 Å². The molecule has 6 nitrogen and oxygen atoms in total. The lowest BCUT2D eigenvalue weighted by Gasteiger charge is -1.84. The molecular formula is C6H13Cl2N5O. The van der Waals surface area contributed by atoms with Crippen molar-refractivity contribution in [3.8, 4) is 0 Å². The summed E-state index contributed by atoms with van der Waals surface area (Å²) in [4.78, 5) is 0. The first kappa shape index (κ1) is 15.5. The fourth-order valence-corrected chi connectivity index (χ4v) is 1.07. The van der Waals surface area contributed by atoms with Crippen LogP contribution in [-0.4, -0.2) is 25.3 Å². The first-order valence-corrected chi connectivity index (χ1v) is 3.36. The predicted molar refractivity (Wildman–Crippen MR) is 59.3 cm³/mol. The average Bonchev–Trinajstić information content (AvgIpc) is 2.43. The van der Waals surface area contributed by atoms with Crippen LogP contribution in [0, 0.1) is 13.8 Å². The molecule has 5 N–H and O–H groups in total. The zero-order chi connectivity index (χ0) is 8.01. The van der Waals surface area contributed by atoms with Crippen LogP contribution in [0.15, 0.2) is 0 Å². The SMILES string of the molecule is Cc1[nH]n2c(C)nnc2c1N.Cl.Cl.O. The molecule has 0 saturated carbocycles. The summed E-state index contributed by atoms with van der Waals surface area (Å²) in [6.45, 7) is 3.78. The number of nitrogens with one attached hydrogen (secondary N) is 1. The van der Waals surface area contributed by atoms with Crippen LogP contribution >= 0.6 is 24.8 Å². The summed E-state index contributed by atoms with van der Waals surface area (Å²) in [6.07, 6.45) is 0. The van der Waals surface area contributed by atoms with Gasteiger partial charge in [-0.2, -0.15) is 0 Å². The van der Waals surface area contributed by atoms with Gasteiger partial charge in [0.2, 0.25) is 5.65 Å². The van der Waals surface area contributed by atoms with Gasteiger partial charge in [-0.05, 0) is 13.8 Å². The molecule has 0 spiro atoms. The Morgan fingerprint density at radius 2 is 1.79 bits per heavy atom. The average molecular weight is 242 g/mol. The van der Waals surface area contributed by atoms with E-state index in [4.69, 9.17) is 5.73 Å². The number of aromatic nitrogens is 4. The molecule has 2 rings (SSSR count). The van der Waals surface area contributed by atoms with Gasteiger partial charge in [-0.15, -0.1) is 35.0 Å². The van der Waals surface area contributed by atoms with Gasteiger partial charge in [-0.3, -0.25) is 5.10 Å². The maximum atomic E-state index is 5.70. The normalized spacial score (nSPS) is 8.71. The molecular weight excluding hydrogens is 229 g/mol. The van der Waals surface area contributed by atoms with Crippen LogP contribution in [0.5, 0.6) is 0 Å². The lowest BCUT2D eigenvalue weighted by atomic mass is 10.4. The van der Waals surface area contributed by atoms with Crippen LogP contribution in [0.4, 0.5) is 5.69 Å². The fourth-order valence-electron chi connectivity index (χ4n) is 1.07. The number of hydrogen-bond acceptors (Lipinski definition) is 3. The lowest BCUT2D eigenvalue weighted by molar-refractivity contribution is 0.824. The number of rotatable bonds is 0. The third kappa shape index (κ3) is 1.92. The number of nitrogens with two attached hydrogens (primary N) is 1. The van der Waals surface area contributed by atoms with Crippen molar-refractivity contribution in [1.29, 1.82) is 0 Å². The largest absolute Gasteiger partial charge is 0.412 e.